The molecular formula is C10H14N4O3S. The number of amides is 1. The maximum absolute atomic E-state index is 11.8. The summed E-state index contributed by atoms with van der Waals surface area (Å²) in [6.07, 6.45) is 0.486. The van der Waals surface area contributed by atoms with Crippen LogP contribution in [0.5, 0.6) is 0 Å². The van der Waals surface area contributed by atoms with Crippen LogP contribution in [0.15, 0.2) is 5.16 Å². The number of nitrogens with zero attached hydrogens (tertiary/aromatic N) is 3. The highest BCUT2D eigenvalue weighted by molar-refractivity contribution is 8.00. The Morgan fingerprint density at radius 1 is 1.56 bits per heavy atom. The first kappa shape index (κ1) is 12.9. The SMILES string of the molecule is CC(C)Cc1nnc2n1NC(=O)C(CC(=O)O)S2. The van der Waals surface area contributed by atoms with Crippen LogP contribution >= 0.6 is 11.8 Å². The number of hydrogen-bond donors (Lipinski definition) is 2. The third kappa shape index (κ3) is 2.63. The van der Waals surface area contributed by atoms with E-state index >= 15 is 0 Å². The second-order valence-electron chi connectivity index (χ2n) is 4.51. The van der Waals surface area contributed by atoms with E-state index in [0.29, 0.717) is 23.3 Å². The van der Waals surface area contributed by atoms with Crippen LogP contribution in [0.25, 0.3) is 0 Å². The van der Waals surface area contributed by atoms with Crippen LogP contribution < -0.4 is 5.43 Å². The van der Waals surface area contributed by atoms with Crippen molar-refractivity contribution in [2.75, 3.05) is 5.43 Å². The molecule has 2 heterocycles. The summed E-state index contributed by atoms with van der Waals surface area (Å²) in [4.78, 5) is 22.4. The van der Waals surface area contributed by atoms with Gasteiger partial charge in [-0.2, -0.15) is 0 Å². The summed E-state index contributed by atoms with van der Waals surface area (Å²) in [5, 5.41) is 16.6. The van der Waals surface area contributed by atoms with Crippen molar-refractivity contribution in [1.82, 2.24) is 14.9 Å². The van der Waals surface area contributed by atoms with Crippen LogP contribution in [0.4, 0.5) is 0 Å². The van der Waals surface area contributed by atoms with E-state index in [9.17, 15) is 9.59 Å². The standard InChI is InChI=1S/C10H14N4O3S/c1-5(2)3-7-11-12-10-14(7)13-9(17)6(18-10)4-8(15)16/h5-6H,3-4H2,1-2H3,(H,13,17)(H,15,16). The molecule has 1 aliphatic heterocycles. The summed E-state index contributed by atoms with van der Waals surface area (Å²) < 4.78 is 1.55. The van der Waals surface area contributed by atoms with Crippen molar-refractivity contribution in [2.45, 2.75) is 37.1 Å². The number of nitrogens with one attached hydrogen (secondary N) is 1. The lowest BCUT2D eigenvalue weighted by Gasteiger charge is -2.22. The van der Waals surface area contributed by atoms with Crippen LogP contribution in [0.2, 0.25) is 0 Å². The molecule has 1 amide bonds. The highest BCUT2D eigenvalue weighted by Crippen LogP contribution is 2.28. The lowest BCUT2D eigenvalue weighted by Crippen LogP contribution is -2.38. The number of rotatable bonds is 4. The van der Waals surface area contributed by atoms with Gasteiger partial charge in [0.1, 0.15) is 5.25 Å². The van der Waals surface area contributed by atoms with Gasteiger partial charge in [-0.3, -0.25) is 15.0 Å². The van der Waals surface area contributed by atoms with Crippen LogP contribution in [0.1, 0.15) is 26.1 Å². The number of fused-ring (bicyclic) bond motifs is 1. The van der Waals surface area contributed by atoms with Gasteiger partial charge in [-0.1, -0.05) is 25.6 Å². The third-order valence-corrected chi connectivity index (χ3v) is 3.55. The molecule has 18 heavy (non-hydrogen) atoms. The van der Waals surface area contributed by atoms with E-state index in [2.05, 4.69) is 15.6 Å². The van der Waals surface area contributed by atoms with Gasteiger partial charge in [0.2, 0.25) is 5.16 Å². The summed E-state index contributed by atoms with van der Waals surface area (Å²) in [6, 6.07) is 0. The maximum atomic E-state index is 11.8. The predicted molar refractivity (Wildman–Crippen MR) is 64.8 cm³/mol. The first-order valence-electron chi connectivity index (χ1n) is 5.61. The summed E-state index contributed by atoms with van der Waals surface area (Å²) in [6.45, 7) is 4.10. The van der Waals surface area contributed by atoms with E-state index in [0.717, 1.165) is 11.8 Å². The fourth-order valence-electron chi connectivity index (χ4n) is 1.64. The lowest BCUT2D eigenvalue weighted by molar-refractivity contribution is -0.138. The molecular weight excluding hydrogens is 256 g/mol. The number of carboxylic acid groups (broad SMARTS) is 1. The molecule has 7 nitrogen and oxygen atoms in total. The number of carbonyl (C=O) groups is 2. The van der Waals surface area contributed by atoms with Crippen molar-refractivity contribution in [2.24, 2.45) is 5.92 Å². The molecule has 0 aliphatic carbocycles. The summed E-state index contributed by atoms with van der Waals surface area (Å²) in [7, 11) is 0. The zero-order valence-corrected chi connectivity index (χ0v) is 10.9. The van der Waals surface area contributed by atoms with E-state index < -0.39 is 11.2 Å². The minimum Gasteiger partial charge on any atom is -0.481 e. The predicted octanol–water partition coefficient (Wildman–Crippen LogP) is 0.496. The van der Waals surface area contributed by atoms with E-state index in [-0.39, 0.29) is 12.3 Å². The van der Waals surface area contributed by atoms with Gasteiger partial charge in [-0.15, -0.1) is 10.2 Å². The average molecular weight is 270 g/mol. The fourth-order valence-corrected chi connectivity index (χ4v) is 2.63. The molecule has 0 saturated heterocycles. The van der Waals surface area contributed by atoms with Crippen molar-refractivity contribution in [1.29, 1.82) is 0 Å². The molecule has 8 heteroatoms. The Kier molecular flexibility index (Phi) is 3.55. The van der Waals surface area contributed by atoms with Crippen molar-refractivity contribution in [3.63, 3.8) is 0 Å². The summed E-state index contributed by atoms with van der Waals surface area (Å²) >= 11 is 1.14. The molecule has 0 saturated carbocycles. The zero-order valence-electron chi connectivity index (χ0n) is 10.1. The highest BCUT2D eigenvalue weighted by atomic mass is 32.2. The van der Waals surface area contributed by atoms with Crippen LogP contribution in [-0.2, 0) is 16.0 Å². The Balaban J connectivity index is 2.18. The molecule has 1 atom stereocenters. The second kappa shape index (κ2) is 4.97. The first-order valence-corrected chi connectivity index (χ1v) is 6.49. The van der Waals surface area contributed by atoms with Gasteiger partial charge in [0.05, 0.1) is 6.42 Å². The number of hydrogen-bond acceptors (Lipinski definition) is 5. The highest BCUT2D eigenvalue weighted by Gasteiger charge is 2.32. The van der Waals surface area contributed by atoms with Crippen LogP contribution in [-0.4, -0.2) is 37.1 Å². The topological polar surface area (TPSA) is 97.1 Å². The van der Waals surface area contributed by atoms with Crippen molar-refractivity contribution >= 4 is 23.6 Å². The van der Waals surface area contributed by atoms with Gasteiger partial charge in [0, 0.05) is 6.42 Å². The van der Waals surface area contributed by atoms with Gasteiger partial charge in [0.15, 0.2) is 5.82 Å². The van der Waals surface area contributed by atoms with E-state index in [4.69, 9.17) is 5.11 Å². The monoisotopic (exact) mass is 270 g/mol. The molecule has 0 radical (unpaired) electrons. The van der Waals surface area contributed by atoms with Gasteiger partial charge in [-0.25, -0.2) is 4.68 Å². The Labute approximate surface area is 108 Å². The van der Waals surface area contributed by atoms with Gasteiger partial charge in [0.25, 0.3) is 5.91 Å². The number of thioether (sulfide) groups is 1. The van der Waals surface area contributed by atoms with Gasteiger partial charge in [-0.05, 0) is 5.92 Å². The van der Waals surface area contributed by atoms with Crippen molar-refractivity contribution < 1.29 is 14.7 Å². The normalized spacial score (nSPS) is 18.6. The molecule has 1 aliphatic rings. The Morgan fingerprint density at radius 2 is 2.28 bits per heavy atom. The molecule has 0 bridgehead atoms. The van der Waals surface area contributed by atoms with Gasteiger partial charge >= 0.3 is 5.97 Å². The van der Waals surface area contributed by atoms with E-state index in [1.54, 1.807) is 4.68 Å². The number of aromatic nitrogens is 3. The molecule has 1 aromatic heterocycles. The summed E-state index contributed by atoms with van der Waals surface area (Å²) in [5.74, 6) is -0.232. The minimum atomic E-state index is -1.00. The molecule has 1 unspecified atom stereocenters. The van der Waals surface area contributed by atoms with Gasteiger partial charge < -0.3 is 5.11 Å². The van der Waals surface area contributed by atoms with E-state index in [1.807, 2.05) is 13.8 Å². The second-order valence-corrected chi connectivity index (χ2v) is 5.68. The molecule has 2 rings (SSSR count). The van der Waals surface area contributed by atoms with Crippen LogP contribution in [0.3, 0.4) is 0 Å². The number of carboxylic acids is 1. The number of carbonyl (C=O) groups excluding carboxylic acids is 1. The molecule has 1 aromatic rings. The third-order valence-electron chi connectivity index (χ3n) is 2.41. The molecule has 0 spiro atoms. The smallest absolute Gasteiger partial charge is 0.305 e. The Bertz CT molecular complexity index is 485. The molecule has 98 valence electrons. The minimum absolute atomic E-state index is 0.219. The number of aliphatic carboxylic acids is 1. The average Bonchev–Trinajstić information content (AvgIpc) is 2.60. The fraction of sp³-hybridized carbons (Fsp3) is 0.600. The first-order chi connectivity index (χ1) is 8.47. The largest absolute Gasteiger partial charge is 0.481 e. The summed E-state index contributed by atoms with van der Waals surface area (Å²) in [5.41, 5.74) is 2.64. The Hall–Kier alpha value is -1.57. The molecule has 2 N–H and O–H groups in total. The maximum Gasteiger partial charge on any atom is 0.305 e. The Morgan fingerprint density at radius 3 is 2.89 bits per heavy atom. The molecule has 0 fully saturated rings. The van der Waals surface area contributed by atoms with E-state index in [1.165, 1.54) is 0 Å². The van der Waals surface area contributed by atoms with Crippen molar-refractivity contribution in [3.8, 4) is 0 Å². The zero-order chi connectivity index (χ0) is 13.3. The van der Waals surface area contributed by atoms with Crippen molar-refractivity contribution in [3.05, 3.63) is 5.82 Å². The lowest BCUT2D eigenvalue weighted by atomic mass is 10.1. The van der Waals surface area contributed by atoms with Crippen LogP contribution in [0, 0.1) is 5.92 Å². The molecule has 0 aromatic carbocycles. The quantitative estimate of drug-likeness (QED) is 0.826.